The summed E-state index contributed by atoms with van der Waals surface area (Å²) in [4.78, 5) is 4.13. The van der Waals surface area contributed by atoms with Crippen LogP contribution in [0.4, 0.5) is 5.82 Å². The van der Waals surface area contributed by atoms with Gasteiger partial charge in [0.05, 0.1) is 12.7 Å². The fourth-order valence-corrected chi connectivity index (χ4v) is 1.75. The van der Waals surface area contributed by atoms with Crippen molar-refractivity contribution in [1.82, 2.24) is 10.1 Å². The Morgan fingerprint density at radius 2 is 2.29 bits per heavy atom. The van der Waals surface area contributed by atoms with Crippen LogP contribution in [0, 0.1) is 0 Å². The van der Waals surface area contributed by atoms with Crippen LogP contribution in [-0.4, -0.2) is 17.3 Å². The van der Waals surface area contributed by atoms with Crippen molar-refractivity contribution in [1.29, 1.82) is 0 Å². The maximum atomic E-state index is 5.79. The quantitative estimate of drug-likeness (QED) is 0.876. The molecule has 2 rings (SSSR count). The standard InChI is InChI=1S/C12H15N3O2/c1-3-5-8-10(17-15-11(8)13)9-6-4-7-14-12(9)16-2/h4,6-7H,3,5H2,1-2H3,(H2,13,15). The second-order valence-electron chi connectivity index (χ2n) is 3.69. The molecule has 0 aliphatic rings. The van der Waals surface area contributed by atoms with Crippen LogP contribution in [0.2, 0.25) is 0 Å². The normalized spacial score (nSPS) is 10.5. The average Bonchev–Trinajstić information content (AvgIpc) is 2.72. The molecule has 0 spiro atoms. The van der Waals surface area contributed by atoms with Crippen LogP contribution >= 0.6 is 0 Å². The van der Waals surface area contributed by atoms with Crippen LogP contribution in [0.5, 0.6) is 5.88 Å². The van der Waals surface area contributed by atoms with Crippen LogP contribution < -0.4 is 10.5 Å². The molecule has 2 aromatic rings. The number of hydrogen-bond acceptors (Lipinski definition) is 5. The second kappa shape index (κ2) is 4.86. The fraction of sp³-hybridized carbons (Fsp3) is 0.333. The first-order chi connectivity index (χ1) is 8.27. The van der Waals surface area contributed by atoms with E-state index in [0.29, 0.717) is 17.5 Å². The molecule has 0 aliphatic heterocycles. The molecule has 0 atom stereocenters. The van der Waals surface area contributed by atoms with Gasteiger partial charge in [0.15, 0.2) is 11.6 Å². The zero-order valence-electron chi connectivity index (χ0n) is 9.93. The summed E-state index contributed by atoms with van der Waals surface area (Å²) >= 11 is 0. The van der Waals surface area contributed by atoms with Crippen LogP contribution in [0.15, 0.2) is 22.9 Å². The molecule has 2 aromatic heterocycles. The van der Waals surface area contributed by atoms with Gasteiger partial charge in [-0.1, -0.05) is 18.5 Å². The van der Waals surface area contributed by atoms with Crippen LogP contribution in [0.3, 0.4) is 0 Å². The van der Waals surface area contributed by atoms with E-state index in [1.54, 1.807) is 13.3 Å². The Kier molecular flexibility index (Phi) is 3.27. The molecule has 0 aromatic carbocycles. The lowest BCUT2D eigenvalue weighted by molar-refractivity contribution is 0.392. The van der Waals surface area contributed by atoms with Crippen molar-refractivity contribution in [3.63, 3.8) is 0 Å². The Balaban J connectivity index is 2.52. The smallest absolute Gasteiger partial charge is 0.224 e. The predicted octanol–water partition coefficient (Wildman–Crippen LogP) is 2.28. The van der Waals surface area contributed by atoms with Gasteiger partial charge in [0, 0.05) is 11.8 Å². The lowest BCUT2D eigenvalue weighted by Crippen LogP contribution is -1.95. The van der Waals surface area contributed by atoms with Gasteiger partial charge in [-0.25, -0.2) is 4.98 Å². The molecule has 0 fully saturated rings. The maximum Gasteiger partial charge on any atom is 0.224 e. The lowest BCUT2D eigenvalue weighted by atomic mass is 10.1. The number of anilines is 1. The predicted molar refractivity (Wildman–Crippen MR) is 64.7 cm³/mol. The number of ether oxygens (including phenoxy) is 1. The highest BCUT2D eigenvalue weighted by molar-refractivity contribution is 5.70. The first kappa shape index (κ1) is 11.4. The number of methoxy groups -OCH3 is 1. The minimum Gasteiger partial charge on any atom is -0.480 e. The molecule has 0 bridgehead atoms. The first-order valence-electron chi connectivity index (χ1n) is 5.51. The molecule has 17 heavy (non-hydrogen) atoms. The van der Waals surface area contributed by atoms with Crippen molar-refractivity contribution in [3.05, 3.63) is 23.9 Å². The summed E-state index contributed by atoms with van der Waals surface area (Å²) < 4.78 is 10.5. The van der Waals surface area contributed by atoms with Gasteiger partial charge in [0.2, 0.25) is 5.88 Å². The first-order valence-corrected chi connectivity index (χ1v) is 5.51. The Bertz CT molecular complexity index is 508. The van der Waals surface area contributed by atoms with Crippen molar-refractivity contribution in [3.8, 4) is 17.2 Å². The third kappa shape index (κ3) is 2.08. The van der Waals surface area contributed by atoms with Crippen LogP contribution in [0.1, 0.15) is 18.9 Å². The molecule has 2 N–H and O–H groups in total. The van der Waals surface area contributed by atoms with Gasteiger partial charge in [-0.05, 0) is 18.6 Å². The van der Waals surface area contributed by atoms with E-state index in [2.05, 4.69) is 17.1 Å². The van der Waals surface area contributed by atoms with E-state index in [9.17, 15) is 0 Å². The molecule has 5 nitrogen and oxygen atoms in total. The zero-order valence-corrected chi connectivity index (χ0v) is 9.93. The van der Waals surface area contributed by atoms with E-state index in [1.807, 2.05) is 12.1 Å². The highest BCUT2D eigenvalue weighted by Gasteiger charge is 2.18. The number of aromatic nitrogens is 2. The summed E-state index contributed by atoms with van der Waals surface area (Å²) in [6.07, 6.45) is 3.46. The number of nitrogens with zero attached hydrogens (tertiary/aromatic N) is 2. The van der Waals surface area contributed by atoms with Gasteiger partial charge in [-0.3, -0.25) is 0 Å². The van der Waals surface area contributed by atoms with E-state index < -0.39 is 0 Å². The summed E-state index contributed by atoms with van der Waals surface area (Å²) in [6, 6.07) is 3.71. The second-order valence-corrected chi connectivity index (χ2v) is 3.69. The molecule has 0 aliphatic carbocycles. The maximum absolute atomic E-state index is 5.79. The molecule has 2 heterocycles. The topological polar surface area (TPSA) is 74.2 Å². The number of rotatable bonds is 4. The van der Waals surface area contributed by atoms with Gasteiger partial charge in [0.1, 0.15) is 0 Å². The summed E-state index contributed by atoms with van der Waals surface area (Å²) in [5, 5.41) is 3.81. The number of pyridine rings is 1. The van der Waals surface area contributed by atoms with Crippen molar-refractivity contribution in [2.45, 2.75) is 19.8 Å². The van der Waals surface area contributed by atoms with E-state index in [1.165, 1.54) is 0 Å². The third-order valence-electron chi connectivity index (χ3n) is 2.53. The van der Waals surface area contributed by atoms with Gasteiger partial charge >= 0.3 is 0 Å². The fourth-order valence-electron chi connectivity index (χ4n) is 1.75. The SMILES string of the molecule is CCCc1c(N)noc1-c1cccnc1OC. The van der Waals surface area contributed by atoms with Crippen LogP contribution in [0.25, 0.3) is 11.3 Å². The molecule has 0 saturated heterocycles. The van der Waals surface area contributed by atoms with Crippen LogP contribution in [-0.2, 0) is 6.42 Å². The largest absolute Gasteiger partial charge is 0.480 e. The summed E-state index contributed by atoms with van der Waals surface area (Å²) in [6.45, 7) is 2.08. The Hall–Kier alpha value is -2.04. The van der Waals surface area contributed by atoms with Gasteiger partial charge in [-0.15, -0.1) is 0 Å². The van der Waals surface area contributed by atoms with E-state index in [4.69, 9.17) is 15.0 Å². The van der Waals surface area contributed by atoms with E-state index in [-0.39, 0.29) is 0 Å². The summed E-state index contributed by atoms with van der Waals surface area (Å²) in [5.74, 6) is 1.60. The Morgan fingerprint density at radius 1 is 1.47 bits per heavy atom. The number of hydrogen-bond donors (Lipinski definition) is 1. The molecular weight excluding hydrogens is 218 g/mol. The zero-order chi connectivity index (χ0) is 12.3. The van der Waals surface area contributed by atoms with Gasteiger partial charge in [-0.2, -0.15) is 0 Å². The average molecular weight is 233 g/mol. The lowest BCUT2D eigenvalue weighted by Gasteiger charge is -2.05. The molecule has 90 valence electrons. The molecule has 0 amide bonds. The summed E-state index contributed by atoms with van der Waals surface area (Å²) in [7, 11) is 1.57. The van der Waals surface area contributed by atoms with E-state index in [0.717, 1.165) is 24.0 Å². The molecule has 0 saturated carbocycles. The minimum absolute atomic E-state index is 0.438. The highest BCUT2D eigenvalue weighted by Crippen LogP contribution is 2.33. The molecule has 0 unspecified atom stereocenters. The molecular formula is C12H15N3O2. The van der Waals surface area contributed by atoms with Gasteiger partial charge < -0.3 is 15.0 Å². The van der Waals surface area contributed by atoms with Crippen molar-refractivity contribution in [2.75, 3.05) is 12.8 Å². The van der Waals surface area contributed by atoms with Crippen molar-refractivity contribution in [2.24, 2.45) is 0 Å². The number of nitrogen functional groups attached to an aromatic ring is 1. The molecule has 0 radical (unpaired) electrons. The number of nitrogens with two attached hydrogens (primary N) is 1. The Morgan fingerprint density at radius 3 is 3.00 bits per heavy atom. The monoisotopic (exact) mass is 233 g/mol. The third-order valence-corrected chi connectivity index (χ3v) is 2.53. The van der Waals surface area contributed by atoms with Crippen molar-refractivity contribution < 1.29 is 9.26 Å². The Labute approximate surface area is 99.6 Å². The van der Waals surface area contributed by atoms with Crippen molar-refractivity contribution >= 4 is 5.82 Å². The van der Waals surface area contributed by atoms with E-state index >= 15 is 0 Å². The van der Waals surface area contributed by atoms with Gasteiger partial charge in [0.25, 0.3) is 0 Å². The highest BCUT2D eigenvalue weighted by atomic mass is 16.5. The minimum atomic E-state index is 0.438. The summed E-state index contributed by atoms with van der Waals surface area (Å²) in [5.41, 5.74) is 7.49. The molecule has 5 heteroatoms.